The van der Waals surface area contributed by atoms with Crippen LogP contribution in [0.15, 0.2) is 47.4 Å². The molecule has 0 fully saturated rings. The zero-order valence-electron chi connectivity index (χ0n) is 13.8. The van der Waals surface area contributed by atoms with Gasteiger partial charge in [-0.25, -0.2) is 12.8 Å². The van der Waals surface area contributed by atoms with E-state index in [2.05, 4.69) is 4.72 Å². The molecule has 0 bridgehead atoms. The first kappa shape index (κ1) is 17.4. The standard InChI is InChI=1S/C18H19FN2O3S/c1-2-18(22)21-11-5-6-13-9-10-14(12-16(13)21)20-25(23,24)17-8-4-3-7-15(17)19/h3-4,7-10,12,20H,2,5-6,11H2,1H3. The number of nitrogens with one attached hydrogen (secondary N) is 1. The van der Waals surface area contributed by atoms with Crippen LogP contribution in [0.3, 0.4) is 0 Å². The second-order valence-electron chi connectivity index (χ2n) is 5.88. The van der Waals surface area contributed by atoms with Crippen molar-refractivity contribution >= 4 is 27.3 Å². The Morgan fingerprint density at radius 1 is 1.24 bits per heavy atom. The lowest BCUT2D eigenvalue weighted by atomic mass is 10.0. The number of hydrogen-bond donors (Lipinski definition) is 1. The maximum Gasteiger partial charge on any atom is 0.264 e. The molecule has 3 rings (SSSR count). The van der Waals surface area contributed by atoms with E-state index in [-0.39, 0.29) is 5.91 Å². The molecule has 0 aliphatic carbocycles. The summed E-state index contributed by atoms with van der Waals surface area (Å²) in [6, 6.07) is 10.3. The van der Waals surface area contributed by atoms with Gasteiger partial charge in [-0.05, 0) is 42.7 Å². The van der Waals surface area contributed by atoms with Gasteiger partial charge in [0.25, 0.3) is 10.0 Å². The third kappa shape index (κ3) is 3.51. The van der Waals surface area contributed by atoms with Crippen molar-refractivity contribution in [2.45, 2.75) is 31.1 Å². The van der Waals surface area contributed by atoms with E-state index in [0.717, 1.165) is 24.5 Å². The highest BCUT2D eigenvalue weighted by molar-refractivity contribution is 7.92. The Morgan fingerprint density at radius 2 is 2.00 bits per heavy atom. The summed E-state index contributed by atoms with van der Waals surface area (Å²) in [6.07, 6.45) is 2.09. The van der Waals surface area contributed by atoms with Crippen LogP contribution in [0.25, 0.3) is 0 Å². The van der Waals surface area contributed by atoms with E-state index in [4.69, 9.17) is 0 Å². The number of halogens is 1. The summed E-state index contributed by atoms with van der Waals surface area (Å²) in [5, 5.41) is 0. The number of rotatable bonds is 4. The van der Waals surface area contributed by atoms with Crippen LogP contribution >= 0.6 is 0 Å². The van der Waals surface area contributed by atoms with Gasteiger partial charge in [-0.3, -0.25) is 9.52 Å². The lowest BCUT2D eigenvalue weighted by Gasteiger charge is -2.29. The quantitative estimate of drug-likeness (QED) is 0.907. The van der Waals surface area contributed by atoms with Gasteiger partial charge in [-0.2, -0.15) is 0 Å². The zero-order chi connectivity index (χ0) is 18.0. The number of aryl methyl sites for hydroxylation is 1. The SMILES string of the molecule is CCC(=O)N1CCCc2ccc(NS(=O)(=O)c3ccccc3F)cc21. The van der Waals surface area contributed by atoms with Crippen LogP contribution in [0.5, 0.6) is 0 Å². The molecule has 2 aromatic carbocycles. The highest BCUT2D eigenvalue weighted by Gasteiger charge is 2.23. The summed E-state index contributed by atoms with van der Waals surface area (Å²) in [5.41, 5.74) is 2.02. The van der Waals surface area contributed by atoms with Gasteiger partial charge >= 0.3 is 0 Å². The van der Waals surface area contributed by atoms with Crippen molar-refractivity contribution in [1.82, 2.24) is 0 Å². The Bertz CT molecular complexity index is 912. The maximum atomic E-state index is 13.8. The summed E-state index contributed by atoms with van der Waals surface area (Å²) in [6.45, 7) is 2.41. The molecule has 0 atom stereocenters. The number of nitrogens with zero attached hydrogens (tertiary/aromatic N) is 1. The second kappa shape index (κ2) is 6.84. The molecule has 0 unspecified atom stereocenters. The molecule has 7 heteroatoms. The van der Waals surface area contributed by atoms with Gasteiger partial charge in [-0.1, -0.05) is 25.1 Å². The van der Waals surface area contributed by atoms with Gasteiger partial charge < -0.3 is 4.90 Å². The minimum Gasteiger partial charge on any atom is -0.312 e. The number of hydrogen-bond acceptors (Lipinski definition) is 3. The van der Waals surface area contributed by atoms with E-state index in [9.17, 15) is 17.6 Å². The molecule has 132 valence electrons. The zero-order valence-corrected chi connectivity index (χ0v) is 14.6. The lowest BCUT2D eigenvalue weighted by Crippen LogP contribution is -2.35. The summed E-state index contributed by atoms with van der Waals surface area (Å²) in [7, 11) is -4.04. The molecule has 1 aliphatic rings. The van der Waals surface area contributed by atoms with Crippen molar-refractivity contribution < 1.29 is 17.6 Å². The third-order valence-corrected chi connectivity index (χ3v) is 5.60. The Balaban J connectivity index is 1.95. The number of benzene rings is 2. The number of fused-ring (bicyclic) bond motifs is 1. The molecule has 25 heavy (non-hydrogen) atoms. The number of sulfonamides is 1. The molecule has 1 aliphatic heterocycles. The first-order chi connectivity index (χ1) is 11.9. The van der Waals surface area contributed by atoms with Crippen molar-refractivity contribution in [3.63, 3.8) is 0 Å². The highest BCUT2D eigenvalue weighted by Crippen LogP contribution is 2.31. The Labute approximate surface area is 146 Å². The van der Waals surface area contributed by atoms with E-state index in [1.165, 1.54) is 18.2 Å². The van der Waals surface area contributed by atoms with E-state index in [0.29, 0.717) is 24.3 Å². The number of anilines is 2. The van der Waals surface area contributed by atoms with Gasteiger partial charge in [0.15, 0.2) is 0 Å². The molecule has 1 heterocycles. The molecule has 0 aromatic heterocycles. The van der Waals surface area contributed by atoms with E-state index >= 15 is 0 Å². The van der Waals surface area contributed by atoms with Gasteiger partial charge in [0.1, 0.15) is 10.7 Å². The van der Waals surface area contributed by atoms with Gasteiger partial charge in [0.05, 0.1) is 5.69 Å². The summed E-state index contributed by atoms with van der Waals surface area (Å²) in [4.78, 5) is 13.4. The highest BCUT2D eigenvalue weighted by atomic mass is 32.2. The summed E-state index contributed by atoms with van der Waals surface area (Å²) in [5.74, 6) is -0.814. The summed E-state index contributed by atoms with van der Waals surface area (Å²) >= 11 is 0. The lowest BCUT2D eigenvalue weighted by molar-refractivity contribution is -0.118. The van der Waals surface area contributed by atoms with E-state index < -0.39 is 20.7 Å². The molecular weight excluding hydrogens is 343 g/mol. The van der Waals surface area contributed by atoms with Crippen molar-refractivity contribution in [2.24, 2.45) is 0 Å². The van der Waals surface area contributed by atoms with Crippen LogP contribution < -0.4 is 9.62 Å². The molecule has 5 nitrogen and oxygen atoms in total. The molecule has 0 radical (unpaired) electrons. The van der Waals surface area contributed by atoms with Crippen LogP contribution in [0, 0.1) is 5.82 Å². The number of carbonyl (C=O) groups excluding carboxylic acids is 1. The molecule has 1 N–H and O–H groups in total. The predicted octanol–water partition coefficient (Wildman–Crippen LogP) is 3.32. The smallest absolute Gasteiger partial charge is 0.264 e. The van der Waals surface area contributed by atoms with Crippen LogP contribution in [0.1, 0.15) is 25.3 Å². The minimum absolute atomic E-state index is 0.00457. The van der Waals surface area contributed by atoms with Crippen LogP contribution in [0.4, 0.5) is 15.8 Å². The van der Waals surface area contributed by atoms with Crippen LogP contribution in [-0.2, 0) is 21.2 Å². The second-order valence-corrected chi connectivity index (χ2v) is 7.53. The minimum atomic E-state index is -4.04. The third-order valence-electron chi connectivity index (χ3n) is 4.19. The monoisotopic (exact) mass is 362 g/mol. The molecule has 2 aromatic rings. The van der Waals surface area contributed by atoms with Crippen molar-refractivity contribution in [3.8, 4) is 0 Å². The molecule has 1 amide bonds. The average Bonchev–Trinajstić information content (AvgIpc) is 2.60. The van der Waals surface area contributed by atoms with Crippen molar-refractivity contribution in [1.29, 1.82) is 0 Å². The van der Waals surface area contributed by atoms with E-state index in [1.54, 1.807) is 24.0 Å². The first-order valence-corrected chi connectivity index (χ1v) is 9.61. The average molecular weight is 362 g/mol. The fourth-order valence-corrected chi connectivity index (χ4v) is 4.09. The molecule has 0 saturated heterocycles. The fraction of sp³-hybridized carbons (Fsp3) is 0.278. The molecule has 0 spiro atoms. The van der Waals surface area contributed by atoms with E-state index in [1.807, 2.05) is 6.07 Å². The first-order valence-electron chi connectivity index (χ1n) is 8.13. The van der Waals surface area contributed by atoms with Gasteiger partial charge in [0.2, 0.25) is 5.91 Å². The van der Waals surface area contributed by atoms with Crippen molar-refractivity contribution in [2.75, 3.05) is 16.2 Å². The van der Waals surface area contributed by atoms with Gasteiger partial charge in [0, 0.05) is 18.7 Å². The topological polar surface area (TPSA) is 66.5 Å². The van der Waals surface area contributed by atoms with Gasteiger partial charge in [-0.15, -0.1) is 0 Å². The van der Waals surface area contributed by atoms with Crippen LogP contribution in [-0.4, -0.2) is 20.9 Å². The molecule has 0 saturated carbocycles. The Hall–Kier alpha value is -2.41. The Kier molecular flexibility index (Phi) is 4.76. The molecular formula is C18H19FN2O3S. The predicted molar refractivity (Wildman–Crippen MR) is 94.6 cm³/mol. The fourth-order valence-electron chi connectivity index (χ4n) is 2.96. The summed E-state index contributed by atoms with van der Waals surface area (Å²) < 4.78 is 41.1. The Morgan fingerprint density at radius 3 is 2.72 bits per heavy atom. The normalized spacial score (nSPS) is 14.1. The maximum absolute atomic E-state index is 13.8. The number of amides is 1. The van der Waals surface area contributed by atoms with Crippen molar-refractivity contribution in [3.05, 3.63) is 53.8 Å². The number of carbonyl (C=O) groups is 1. The largest absolute Gasteiger partial charge is 0.312 e. The van der Waals surface area contributed by atoms with Crippen LogP contribution in [0.2, 0.25) is 0 Å².